The summed E-state index contributed by atoms with van der Waals surface area (Å²) in [6, 6.07) is 18.7. The van der Waals surface area contributed by atoms with Gasteiger partial charge >= 0.3 is 0 Å². The highest BCUT2D eigenvalue weighted by Crippen LogP contribution is 2.35. The Morgan fingerprint density at radius 2 is 1.71 bits per heavy atom. The zero-order valence-electron chi connectivity index (χ0n) is 19.0. The van der Waals surface area contributed by atoms with Gasteiger partial charge in [-0.05, 0) is 48.2 Å². The number of pyridine rings is 1. The van der Waals surface area contributed by atoms with Crippen LogP contribution in [0.15, 0.2) is 78.7 Å². The zero-order chi connectivity index (χ0) is 22.9. The summed E-state index contributed by atoms with van der Waals surface area (Å²) in [5.41, 5.74) is 4.26. The topological polar surface area (TPSA) is 63.0 Å². The van der Waals surface area contributed by atoms with Crippen molar-refractivity contribution in [3.63, 3.8) is 0 Å². The number of nitrogens with zero attached hydrogens (tertiary/aromatic N) is 7. The minimum atomic E-state index is 0.176. The monoisotopic (exact) mass is 467 g/mol. The van der Waals surface area contributed by atoms with Gasteiger partial charge in [0.1, 0.15) is 12.1 Å². The Morgan fingerprint density at radius 1 is 0.882 bits per heavy atom. The second kappa shape index (κ2) is 8.96. The first-order valence-electron chi connectivity index (χ1n) is 11.5. The van der Waals surface area contributed by atoms with Crippen LogP contribution in [0.3, 0.4) is 0 Å². The van der Waals surface area contributed by atoms with Gasteiger partial charge in [0.25, 0.3) is 0 Å². The molecule has 8 heteroatoms. The molecular weight excluding hydrogens is 442 g/mol. The largest absolute Gasteiger partial charge is 0.353 e. The van der Waals surface area contributed by atoms with Crippen LogP contribution in [0.5, 0.6) is 0 Å². The first-order chi connectivity index (χ1) is 16.8. The van der Waals surface area contributed by atoms with Gasteiger partial charge in [-0.3, -0.25) is 9.88 Å². The summed E-state index contributed by atoms with van der Waals surface area (Å²) in [5, 5.41) is 7.78. The number of benzene rings is 1. The molecule has 1 fully saturated rings. The van der Waals surface area contributed by atoms with E-state index in [9.17, 15) is 0 Å². The second-order valence-corrected chi connectivity index (χ2v) is 9.42. The lowest BCUT2D eigenvalue weighted by molar-refractivity contribution is 0.211. The fourth-order valence-electron chi connectivity index (χ4n) is 4.72. The van der Waals surface area contributed by atoms with Crippen LogP contribution in [0.1, 0.15) is 22.2 Å². The number of aromatic nitrogens is 5. The standard InChI is InChI=1S/C26H25N7S/c1-19-10-16-34-24(19)23(22-9-5-6-11-27-22)31-12-14-32(15-13-31)25-21-17-30-33(26(21)29-18-28-25)20-7-3-2-4-8-20/h2-11,16-18,23H,12-15H2,1H3. The highest BCUT2D eigenvalue weighted by molar-refractivity contribution is 7.10. The molecule has 5 aromatic rings. The van der Waals surface area contributed by atoms with Gasteiger partial charge < -0.3 is 4.90 Å². The predicted molar refractivity (Wildman–Crippen MR) is 136 cm³/mol. The smallest absolute Gasteiger partial charge is 0.168 e. The summed E-state index contributed by atoms with van der Waals surface area (Å²) in [6.45, 7) is 5.82. The van der Waals surface area contributed by atoms with Gasteiger partial charge in [0.05, 0.1) is 29.0 Å². The zero-order valence-corrected chi connectivity index (χ0v) is 19.8. The molecule has 0 spiro atoms. The van der Waals surface area contributed by atoms with Crippen molar-refractivity contribution in [2.45, 2.75) is 13.0 Å². The van der Waals surface area contributed by atoms with E-state index in [-0.39, 0.29) is 6.04 Å². The van der Waals surface area contributed by atoms with E-state index in [0.29, 0.717) is 0 Å². The molecule has 34 heavy (non-hydrogen) atoms. The SMILES string of the molecule is Cc1ccsc1C(c1ccccn1)N1CCN(c2ncnc3c2cnn3-c2ccccc2)CC1. The minimum Gasteiger partial charge on any atom is -0.353 e. The van der Waals surface area contributed by atoms with E-state index in [4.69, 9.17) is 4.98 Å². The average molecular weight is 468 g/mol. The van der Waals surface area contributed by atoms with E-state index in [2.05, 4.69) is 55.4 Å². The molecule has 1 aliphatic heterocycles. The van der Waals surface area contributed by atoms with Crippen LogP contribution in [0.2, 0.25) is 0 Å². The lowest BCUT2D eigenvalue weighted by Gasteiger charge is -2.39. The molecular formula is C26H25N7S. The van der Waals surface area contributed by atoms with E-state index >= 15 is 0 Å². The fraction of sp³-hybridized carbons (Fsp3) is 0.231. The predicted octanol–water partition coefficient (Wildman–Crippen LogP) is 4.49. The maximum absolute atomic E-state index is 4.72. The molecule has 0 aliphatic carbocycles. The van der Waals surface area contributed by atoms with E-state index < -0.39 is 0 Å². The van der Waals surface area contributed by atoms with Gasteiger partial charge in [-0.1, -0.05) is 24.3 Å². The molecule has 1 unspecified atom stereocenters. The van der Waals surface area contributed by atoms with E-state index in [1.54, 1.807) is 6.33 Å². The van der Waals surface area contributed by atoms with Crippen LogP contribution < -0.4 is 4.90 Å². The Labute approximate surface area is 202 Å². The Balaban J connectivity index is 1.27. The molecule has 0 N–H and O–H groups in total. The van der Waals surface area contributed by atoms with Crippen molar-refractivity contribution in [1.29, 1.82) is 0 Å². The number of fused-ring (bicyclic) bond motifs is 1. The highest BCUT2D eigenvalue weighted by Gasteiger charge is 2.30. The molecule has 5 heterocycles. The molecule has 7 nitrogen and oxygen atoms in total. The Hall–Kier alpha value is -3.62. The van der Waals surface area contributed by atoms with E-state index in [0.717, 1.165) is 54.4 Å². The summed E-state index contributed by atoms with van der Waals surface area (Å²) in [6.07, 6.45) is 5.43. The summed E-state index contributed by atoms with van der Waals surface area (Å²) in [5.74, 6) is 0.952. The van der Waals surface area contributed by atoms with Gasteiger partial charge in [-0.2, -0.15) is 5.10 Å². The number of para-hydroxylation sites is 1. The third-order valence-electron chi connectivity index (χ3n) is 6.44. The van der Waals surface area contributed by atoms with Crippen molar-refractivity contribution in [1.82, 2.24) is 29.6 Å². The number of hydrogen-bond donors (Lipinski definition) is 0. The Morgan fingerprint density at radius 3 is 2.44 bits per heavy atom. The minimum absolute atomic E-state index is 0.176. The highest BCUT2D eigenvalue weighted by atomic mass is 32.1. The molecule has 4 aromatic heterocycles. The van der Waals surface area contributed by atoms with Gasteiger partial charge in [0, 0.05) is 37.3 Å². The van der Waals surface area contributed by atoms with Crippen LogP contribution in [-0.2, 0) is 0 Å². The molecule has 1 aromatic carbocycles. The molecule has 0 radical (unpaired) electrons. The van der Waals surface area contributed by atoms with Crippen LogP contribution in [0.25, 0.3) is 16.7 Å². The molecule has 1 aliphatic rings. The molecule has 0 amide bonds. The third kappa shape index (κ3) is 3.74. The third-order valence-corrected chi connectivity index (χ3v) is 7.51. The maximum Gasteiger partial charge on any atom is 0.168 e. The van der Waals surface area contributed by atoms with Crippen LogP contribution >= 0.6 is 11.3 Å². The lowest BCUT2D eigenvalue weighted by atomic mass is 10.0. The molecule has 170 valence electrons. The van der Waals surface area contributed by atoms with Crippen molar-refractivity contribution in [3.05, 3.63) is 94.8 Å². The van der Waals surface area contributed by atoms with Crippen LogP contribution in [-0.4, -0.2) is 55.8 Å². The van der Waals surface area contributed by atoms with Crippen molar-refractivity contribution in [2.24, 2.45) is 0 Å². The fourth-order valence-corrected chi connectivity index (χ4v) is 5.79. The van der Waals surface area contributed by atoms with Gasteiger partial charge in [0.15, 0.2) is 5.65 Å². The van der Waals surface area contributed by atoms with Crippen molar-refractivity contribution in [2.75, 3.05) is 31.1 Å². The van der Waals surface area contributed by atoms with Gasteiger partial charge in [-0.15, -0.1) is 11.3 Å². The number of thiophene rings is 1. The van der Waals surface area contributed by atoms with Gasteiger partial charge in [-0.25, -0.2) is 14.6 Å². The number of anilines is 1. The van der Waals surface area contributed by atoms with Crippen molar-refractivity contribution >= 4 is 28.2 Å². The number of hydrogen-bond acceptors (Lipinski definition) is 7. The molecule has 0 bridgehead atoms. The second-order valence-electron chi connectivity index (χ2n) is 8.47. The molecule has 0 saturated carbocycles. The van der Waals surface area contributed by atoms with Gasteiger partial charge in [0.2, 0.25) is 0 Å². The molecule has 6 rings (SSSR count). The summed E-state index contributed by atoms with van der Waals surface area (Å²) in [7, 11) is 0. The van der Waals surface area contributed by atoms with Crippen LogP contribution in [0, 0.1) is 6.92 Å². The number of rotatable bonds is 5. The normalized spacial score (nSPS) is 15.6. The Kier molecular flexibility index (Phi) is 5.52. The van der Waals surface area contributed by atoms with Crippen molar-refractivity contribution < 1.29 is 0 Å². The summed E-state index contributed by atoms with van der Waals surface area (Å²) >= 11 is 1.82. The van der Waals surface area contributed by atoms with Crippen molar-refractivity contribution in [3.8, 4) is 5.69 Å². The van der Waals surface area contributed by atoms with E-state index in [1.807, 2.05) is 64.8 Å². The first kappa shape index (κ1) is 20.9. The average Bonchev–Trinajstić information content (AvgIpc) is 3.52. The summed E-state index contributed by atoms with van der Waals surface area (Å²) in [4.78, 5) is 20.2. The Bertz CT molecular complexity index is 1390. The molecule has 1 atom stereocenters. The maximum atomic E-state index is 4.72. The van der Waals surface area contributed by atoms with E-state index in [1.165, 1.54) is 10.4 Å². The lowest BCUT2D eigenvalue weighted by Crippen LogP contribution is -2.48. The van der Waals surface area contributed by atoms with Crippen LogP contribution in [0.4, 0.5) is 5.82 Å². The number of aryl methyl sites for hydroxylation is 1. The summed E-state index contributed by atoms with van der Waals surface area (Å²) < 4.78 is 1.88. The quantitative estimate of drug-likeness (QED) is 0.380. The first-order valence-corrected chi connectivity index (χ1v) is 12.4. The molecule has 1 saturated heterocycles. The number of piperazine rings is 1.